The lowest BCUT2D eigenvalue weighted by Gasteiger charge is -2.26. The van der Waals surface area contributed by atoms with E-state index in [1.807, 2.05) is 0 Å². The minimum atomic E-state index is -4.89. The van der Waals surface area contributed by atoms with E-state index in [9.17, 15) is 44.4 Å². The summed E-state index contributed by atoms with van der Waals surface area (Å²) in [6.45, 7) is -1.95. The Hall–Kier alpha value is 0.0948. The fourth-order valence-electron chi connectivity index (χ4n) is 4.16. The van der Waals surface area contributed by atoms with Crippen molar-refractivity contribution in [2.75, 3.05) is 19.8 Å². The second-order valence-corrected chi connectivity index (χ2v) is 11.8. The average molecular weight is 562 g/mol. The summed E-state index contributed by atoms with van der Waals surface area (Å²) in [5.41, 5.74) is 0. The third kappa shape index (κ3) is 7.18. The van der Waals surface area contributed by atoms with Crippen molar-refractivity contribution in [2.24, 2.45) is 0 Å². The smallest absolute Gasteiger partial charge is 0.394 e. The van der Waals surface area contributed by atoms with Crippen LogP contribution >= 0.6 is 15.6 Å². The first-order chi connectivity index (χ1) is 16.7. The maximum absolute atomic E-state index is 12.5. The van der Waals surface area contributed by atoms with Gasteiger partial charge in [0.05, 0.1) is 37.8 Å². The van der Waals surface area contributed by atoms with Crippen molar-refractivity contribution in [3.05, 3.63) is 0 Å². The molecular formula is C15H31B3O16P2. The monoisotopic (exact) mass is 562 g/mol. The Kier molecular flexibility index (Phi) is 10.3. The molecule has 3 heterocycles. The summed E-state index contributed by atoms with van der Waals surface area (Å²) in [5.74, 6) is 0. The number of phosphoric acid groups is 2. The highest BCUT2D eigenvalue weighted by molar-refractivity contribution is 7.47. The first-order valence-electron chi connectivity index (χ1n) is 11.3. The van der Waals surface area contributed by atoms with Gasteiger partial charge in [0.15, 0.2) is 0 Å². The van der Waals surface area contributed by atoms with Crippen molar-refractivity contribution in [2.45, 2.75) is 72.9 Å². The molecule has 0 aromatic carbocycles. The van der Waals surface area contributed by atoms with Crippen molar-refractivity contribution in [3.63, 3.8) is 0 Å². The van der Waals surface area contributed by atoms with Crippen LogP contribution in [0.15, 0.2) is 0 Å². The number of rotatable bonds is 11. The standard InChI is InChI=1S/C15H31B3O16P2/c16-13-8(21)7(20)5(31-13)2-28-35(24,25)34-12-6(32-15(18)10(12)23)3-29-36(26,27)33-11-4(1-19)30-14(17)9(11)22/h4-15,19-23H,1-3,16-18H2,(H,24,25)(H,26,27)/t4-,5-,6-,7?,8?,9?,10?,11?,12?,13-,14-,15-/m1/s1. The molecule has 0 radical (unpaired) electrons. The Labute approximate surface area is 209 Å². The van der Waals surface area contributed by atoms with Crippen LogP contribution in [-0.2, 0) is 41.4 Å². The van der Waals surface area contributed by atoms with Gasteiger partial charge in [0, 0.05) is 0 Å². The second kappa shape index (κ2) is 12.1. The lowest BCUT2D eigenvalue weighted by Crippen LogP contribution is -2.38. The molecule has 3 aliphatic heterocycles. The molecule has 0 bridgehead atoms. The summed E-state index contributed by atoms with van der Waals surface area (Å²) in [7, 11) is -5.36. The van der Waals surface area contributed by atoms with E-state index in [1.54, 1.807) is 0 Å². The molecule has 0 aromatic heterocycles. The summed E-state index contributed by atoms with van der Waals surface area (Å²) < 4.78 is 60.6. The molecule has 8 unspecified atom stereocenters. The molecular weight excluding hydrogens is 531 g/mol. The zero-order chi connectivity index (χ0) is 27.0. The first kappa shape index (κ1) is 30.6. The number of aliphatic hydroxyl groups excluding tert-OH is 5. The van der Waals surface area contributed by atoms with E-state index in [2.05, 4.69) is 0 Å². The van der Waals surface area contributed by atoms with E-state index >= 15 is 0 Å². The first-order valence-corrected chi connectivity index (χ1v) is 14.3. The molecule has 0 aromatic rings. The van der Waals surface area contributed by atoms with Gasteiger partial charge < -0.3 is 49.5 Å². The fraction of sp³-hybridized carbons (Fsp3) is 1.00. The highest BCUT2D eigenvalue weighted by atomic mass is 31.2. The minimum Gasteiger partial charge on any atom is -0.394 e. The predicted octanol–water partition coefficient (Wildman–Crippen LogP) is -6.50. The SMILES string of the molecule is B[C@@H]1O[C@H](COP(=O)(O)OC2C(O)[C@H](B)O[C@@H]2COP(=O)(O)OC2C(O)[C@H](B)O[C@@H]2CO)C(O)C1O. The zero-order valence-electron chi connectivity index (χ0n) is 19.7. The van der Waals surface area contributed by atoms with Crippen LogP contribution < -0.4 is 0 Å². The van der Waals surface area contributed by atoms with Gasteiger partial charge in [-0.1, -0.05) is 0 Å². The lowest BCUT2D eigenvalue weighted by atomic mass is 9.93. The van der Waals surface area contributed by atoms with Gasteiger partial charge in [-0.2, -0.15) is 0 Å². The maximum Gasteiger partial charge on any atom is 0.472 e. The van der Waals surface area contributed by atoms with Crippen LogP contribution in [0.5, 0.6) is 0 Å². The average Bonchev–Trinajstić information content (AvgIpc) is 3.33. The van der Waals surface area contributed by atoms with Crippen molar-refractivity contribution in [1.82, 2.24) is 0 Å². The third-order valence-corrected chi connectivity index (χ3v) is 8.21. The van der Waals surface area contributed by atoms with Crippen LogP contribution in [0.25, 0.3) is 0 Å². The number of ether oxygens (including phenoxy) is 3. The molecule has 3 fully saturated rings. The molecule has 3 aliphatic rings. The highest BCUT2D eigenvalue weighted by Gasteiger charge is 2.49. The van der Waals surface area contributed by atoms with E-state index in [1.165, 1.54) is 23.5 Å². The Morgan fingerprint density at radius 2 is 1.03 bits per heavy atom. The summed E-state index contributed by atoms with van der Waals surface area (Å²) in [6.07, 6.45) is -11.8. The molecule has 16 nitrogen and oxygen atoms in total. The highest BCUT2D eigenvalue weighted by Crippen LogP contribution is 2.50. The van der Waals surface area contributed by atoms with Gasteiger partial charge in [-0.05, 0) is 0 Å². The predicted molar refractivity (Wildman–Crippen MR) is 124 cm³/mol. The molecule has 36 heavy (non-hydrogen) atoms. The lowest BCUT2D eigenvalue weighted by molar-refractivity contribution is -0.0398. The molecule has 3 rings (SSSR count). The molecule has 206 valence electrons. The Morgan fingerprint density at radius 3 is 1.47 bits per heavy atom. The molecule has 14 atom stereocenters. The van der Waals surface area contributed by atoms with E-state index in [-0.39, 0.29) is 0 Å². The summed E-state index contributed by atoms with van der Waals surface area (Å²) in [5, 5.41) is 49.4. The topological polar surface area (TPSA) is 240 Å². The van der Waals surface area contributed by atoms with Crippen LogP contribution in [0.1, 0.15) is 0 Å². The molecule has 0 saturated carbocycles. The Balaban J connectivity index is 1.57. The fourth-order valence-corrected chi connectivity index (χ4v) is 6.09. The number of hydrogen-bond donors (Lipinski definition) is 7. The van der Waals surface area contributed by atoms with Gasteiger partial charge >= 0.3 is 15.6 Å². The van der Waals surface area contributed by atoms with Crippen molar-refractivity contribution in [1.29, 1.82) is 0 Å². The van der Waals surface area contributed by atoms with Crippen molar-refractivity contribution in [3.8, 4) is 0 Å². The second-order valence-electron chi connectivity index (χ2n) is 8.95. The van der Waals surface area contributed by atoms with Crippen LogP contribution in [0.2, 0.25) is 0 Å². The summed E-state index contributed by atoms with van der Waals surface area (Å²) in [4.78, 5) is 20.2. The van der Waals surface area contributed by atoms with E-state index in [4.69, 9.17) is 32.3 Å². The molecule has 7 N–H and O–H groups in total. The zero-order valence-corrected chi connectivity index (χ0v) is 21.5. The third-order valence-electron chi connectivity index (χ3n) is 6.24. The Bertz CT molecular complexity index is 843. The minimum absolute atomic E-state index is 0.593. The summed E-state index contributed by atoms with van der Waals surface area (Å²) in [6, 6.07) is -2.44. The van der Waals surface area contributed by atoms with Crippen molar-refractivity contribution >= 4 is 39.2 Å². The van der Waals surface area contributed by atoms with Gasteiger partial charge in [-0.25, -0.2) is 9.13 Å². The van der Waals surface area contributed by atoms with Crippen LogP contribution in [0.4, 0.5) is 0 Å². The van der Waals surface area contributed by atoms with Crippen LogP contribution in [-0.4, -0.2) is 152 Å². The van der Waals surface area contributed by atoms with Gasteiger partial charge in [0.1, 0.15) is 78.5 Å². The largest absolute Gasteiger partial charge is 0.472 e. The number of hydrogen-bond acceptors (Lipinski definition) is 14. The van der Waals surface area contributed by atoms with E-state index in [0.717, 1.165) is 0 Å². The van der Waals surface area contributed by atoms with Crippen molar-refractivity contribution < 1.29 is 76.8 Å². The number of aliphatic hydroxyl groups is 5. The Morgan fingerprint density at radius 1 is 0.639 bits per heavy atom. The van der Waals surface area contributed by atoms with Crippen LogP contribution in [0.3, 0.4) is 0 Å². The van der Waals surface area contributed by atoms with Gasteiger partial charge in [0.25, 0.3) is 0 Å². The molecule has 0 aliphatic carbocycles. The van der Waals surface area contributed by atoms with Gasteiger partial charge in [-0.3, -0.25) is 18.1 Å². The molecule has 0 spiro atoms. The molecule has 21 heteroatoms. The van der Waals surface area contributed by atoms with Gasteiger partial charge in [0.2, 0.25) is 0 Å². The molecule has 0 amide bonds. The van der Waals surface area contributed by atoms with E-state index in [0.29, 0.717) is 0 Å². The normalized spacial score (nSPS) is 46.5. The van der Waals surface area contributed by atoms with E-state index < -0.39 is 108 Å². The summed E-state index contributed by atoms with van der Waals surface area (Å²) >= 11 is 0. The molecule has 3 saturated heterocycles. The van der Waals surface area contributed by atoms with Gasteiger partial charge in [-0.15, -0.1) is 0 Å². The quantitative estimate of drug-likeness (QED) is 0.0916. The number of phosphoric ester groups is 2. The maximum atomic E-state index is 12.5. The van der Waals surface area contributed by atoms with Crippen LogP contribution in [0, 0.1) is 0 Å².